The smallest absolute Gasteiger partial charge is 0.191 e. The van der Waals surface area contributed by atoms with Crippen molar-refractivity contribution in [3.8, 4) is 0 Å². The second-order valence-electron chi connectivity index (χ2n) is 6.22. The van der Waals surface area contributed by atoms with Gasteiger partial charge in [0.15, 0.2) is 5.96 Å². The minimum absolute atomic E-state index is 0.311. The monoisotopic (exact) mass is 377 g/mol. The van der Waals surface area contributed by atoms with Crippen molar-refractivity contribution in [1.29, 1.82) is 0 Å². The molecule has 2 N–H and O–H groups in total. The van der Waals surface area contributed by atoms with Crippen LogP contribution in [-0.2, 0) is 18.3 Å². The number of nitrogens with zero attached hydrogens (tertiary/aromatic N) is 5. The van der Waals surface area contributed by atoms with Gasteiger partial charge < -0.3 is 15.4 Å². The average Bonchev–Trinajstić information content (AvgIpc) is 3.27. The second-order valence-corrected chi connectivity index (χ2v) is 7.54. The third kappa shape index (κ3) is 4.80. The van der Waals surface area contributed by atoms with Gasteiger partial charge in [0.05, 0.1) is 25.8 Å². The zero-order valence-electron chi connectivity index (χ0n) is 15.6. The standard InChI is InChI=1S/C17H27N7OS/c1-13-4-5-15(26-13)14(24-6-8-25-9-7-24)10-19-17(18-2)20-11-16-21-12-22-23(16)3/h4-5,12,14H,6-11H2,1-3H3,(H2,18,19,20). The number of nitrogens with one attached hydrogen (secondary N) is 2. The lowest BCUT2D eigenvalue weighted by Gasteiger charge is -2.34. The molecule has 0 radical (unpaired) electrons. The van der Waals surface area contributed by atoms with E-state index in [0.29, 0.717) is 12.6 Å². The van der Waals surface area contributed by atoms with Gasteiger partial charge in [-0.25, -0.2) is 4.98 Å². The van der Waals surface area contributed by atoms with Gasteiger partial charge in [-0.05, 0) is 19.1 Å². The number of guanidine groups is 1. The molecule has 3 heterocycles. The zero-order chi connectivity index (χ0) is 18.4. The summed E-state index contributed by atoms with van der Waals surface area (Å²) in [7, 11) is 3.67. The van der Waals surface area contributed by atoms with Crippen molar-refractivity contribution in [2.75, 3.05) is 39.9 Å². The van der Waals surface area contributed by atoms with Crippen LogP contribution < -0.4 is 10.6 Å². The number of thiophene rings is 1. The Hall–Kier alpha value is -1.97. The molecular formula is C17H27N7OS. The van der Waals surface area contributed by atoms with Gasteiger partial charge in [0.1, 0.15) is 12.2 Å². The molecule has 2 aromatic heterocycles. The van der Waals surface area contributed by atoms with Crippen LogP contribution >= 0.6 is 11.3 Å². The van der Waals surface area contributed by atoms with Crippen LogP contribution in [0.2, 0.25) is 0 Å². The second kappa shape index (κ2) is 9.11. The fourth-order valence-electron chi connectivity index (χ4n) is 2.99. The largest absolute Gasteiger partial charge is 0.379 e. The predicted octanol–water partition coefficient (Wildman–Crippen LogP) is 0.924. The van der Waals surface area contributed by atoms with Crippen molar-refractivity contribution < 1.29 is 4.74 Å². The fourth-order valence-corrected chi connectivity index (χ4v) is 4.00. The van der Waals surface area contributed by atoms with Crippen molar-refractivity contribution in [3.63, 3.8) is 0 Å². The Balaban J connectivity index is 1.61. The molecule has 1 aliphatic rings. The van der Waals surface area contributed by atoms with Gasteiger partial charge in [-0.2, -0.15) is 5.10 Å². The molecule has 0 saturated carbocycles. The number of ether oxygens (including phenoxy) is 1. The van der Waals surface area contributed by atoms with Crippen molar-refractivity contribution in [2.24, 2.45) is 12.0 Å². The number of hydrogen-bond donors (Lipinski definition) is 2. The molecule has 8 nitrogen and oxygen atoms in total. The Morgan fingerprint density at radius 3 is 2.77 bits per heavy atom. The number of aliphatic imine (C=N–C) groups is 1. The maximum absolute atomic E-state index is 5.52. The van der Waals surface area contributed by atoms with E-state index in [0.717, 1.165) is 44.6 Å². The highest BCUT2D eigenvalue weighted by Gasteiger charge is 2.24. The number of rotatable bonds is 6. The van der Waals surface area contributed by atoms with E-state index < -0.39 is 0 Å². The van der Waals surface area contributed by atoms with E-state index in [9.17, 15) is 0 Å². The Bertz CT molecular complexity index is 720. The van der Waals surface area contributed by atoms with Crippen LogP contribution in [0, 0.1) is 6.92 Å². The third-order valence-corrected chi connectivity index (χ3v) is 5.58. The van der Waals surface area contributed by atoms with Crippen LogP contribution in [0.5, 0.6) is 0 Å². The first-order valence-electron chi connectivity index (χ1n) is 8.83. The molecule has 0 bridgehead atoms. The number of morpholine rings is 1. The quantitative estimate of drug-likeness (QED) is 0.576. The van der Waals surface area contributed by atoms with Crippen molar-refractivity contribution in [3.05, 3.63) is 34.0 Å². The van der Waals surface area contributed by atoms with Crippen molar-refractivity contribution in [2.45, 2.75) is 19.5 Å². The highest BCUT2D eigenvalue weighted by atomic mass is 32.1. The maximum atomic E-state index is 5.52. The van der Waals surface area contributed by atoms with Gasteiger partial charge in [-0.3, -0.25) is 14.6 Å². The van der Waals surface area contributed by atoms with Crippen LogP contribution in [0.15, 0.2) is 23.5 Å². The summed E-state index contributed by atoms with van der Waals surface area (Å²) >= 11 is 1.86. The van der Waals surface area contributed by atoms with E-state index in [-0.39, 0.29) is 0 Å². The molecule has 142 valence electrons. The summed E-state index contributed by atoms with van der Waals surface area (Å²) in [5, 5.41) is 10.9. The van der Waals surface area contributed by atoms with Crippen LogP contribution in [0.3, 0.4) is 0 Å². The number of hydrogen-bond acceptors (Lipinski definition) is 6. The molecule has 1 saturated heterocycles. The Morgan fingerprint density at radius 2 is 2.15 bits per heavy atom. The van der Waals surface area contributed by atoms with Gasteiger partial charge in [0.25, 0.3) is 0 Å². The topological polar surface area (TPSA) is 79.6 Å². The van der Waals surface area contributed by atoms with E-state index in [1.807, 2.05) is 18.4 Å². The Morgan fingerprint density at radius 1 is 1.35 bits per heavy atom. The molecular weight excluding hydrogens is 350 g/mol. The zero-order valence-corrected chi connectivity index (χ0v) is 16.4. The summed E-state index contributed by atoms with van der Waals surface area (Å²) in [5.74, 6) is 1.63. The molecule has 0 aliphatic carbocycles. The van der Waals surface area contributed by atoms with Gasteiger partial charge in [-0.1, -0.05) is 0 Å². The number of aryl methyl sites for hydroxylation is 2. The summed E-state index contributed by atoms with van der Waals surface area (Å²) in [6, 6.07) is 4.73. The molecule has 0 spiro atoms. The van der Waals surface area contributed by atoms with Crippen LogP contribution in [0.4, 0.5) is 0 Å². The van der Waals surface area contributed by atoms with Gasteiger partial charge >= 0.3 is 0 Å². The lowest BCUT2D eigenvalue weighted by molar-refractivity contribution is 0.0177. The predicted molar refractivity (Wildman–Crippen MR) is 103 cm³/mol. The summed E-state index contributed by atoms with van der Waals surface area (Å²) < 4.78 is 7.27. The van der Waals surface area contributed by atoms with Gasteiger partial charge in [0, 0.05) is 43.5 Å². The molecule has 0 amide bonds. The van der Waals surface area contributed by atoms with Crippen LogP contribution in [0.1, 0.15) is 21.6 Å². The van der Waals surface area contributed by atoms with E-state index >= 15 is 0 Å². The van der Waals surface area contributed by atoms with E-state index in [2.05, 4.69) is 49.7 Å². The third-order valence-electron chi connectivity index (χ3n) is 4.48. The van der Waals surface area contributed by atoms with Crippen LogP contribution in [-0.4, -0.2) is 65.5 Å². The van der Waals surface area contributed by atoms with Gasteiger partial charge in [-0.15, -0.1) is 11.3 Å². The van der Waals surface area contributed by atoms with Crippen LogP contribution in [0.25, 0.3) is 0 Å². The first-order chi connectivity index (χ1) is 12.7. The summed E-state index contributed by atoms with van der Waals surface area (Å²) in [6.07, 6.45) is 1.56. The highest BCUT2D eigenvalue weighted by Crippen LogP contribution is 2.27. The molecule has 26 heavy (non-hydrogen) atoms. The van der Waals surface area contributed by atoms with Gasteiger partial charge in [0.2, 0.25) is 0 Å². The molecule has 0 aromatic carbocycles. The minimum Gasteiger partial charge on any atom is -0.379 e. The summed E-state index contributed by atoms with van der Waals surface area (Å²) in [6.45, 7) is 7.01. The molecule has 1 fully saturated rings. The number of aromatic nitrogens is 3. The summed E-state index contributed by atoms with van der Waals surface area (Å²) in [4.78, 5) is 13.8. The normalized spacial score (nSPS) is 17.3. The Labute approximate surface area is 158 Å². The molecule has 1 unspecified atom stereocenters. The first-order valence-corrected chi connectivity index (χ1v) is 9.64. The molecule has 3 rings (SSSR count). The van der Waals surface area contributed by atoms with E-state index in [1.54, 1.807) is 18.1 Å². The SMILES string of the molecule is CN=C(NCc1ncnn1C)NCC(c1ccc(C)s1)N1CCOCC1. The van der Waals surface area contributed by atoms with Crippen molar-refractivity contribution >= 4 is 17.3 Å². The fraction of sp³-hybridized carbons (Fsp3) is 0.588. The van der Waals surface area contributed by atoms with E-state index in [4.69, 9.17) is 4.74 Å². The molecule has 2 aromatic rings. The molecule has 1 atom stereocenters. The van der Waals surface area contributed by atoms with E-state index in [1.165, 1.54) is 9.75 Å². The Kier molecular flexibility index (Phi) is 6.59. The summed E-state index contributed by atoms with van der Waals surface area (Å²) in [5.41, 5.74) is 0. The highest BCUT2D eigenvalue weighted by molar-refractivity contribution is 7.12. The molecule has 9 heteroatoms. The maximum Gasteiger partial charge on any atom is 0.191 e. The average molecular weight is 378 g/mol. The van der Waals surface area contributed by atoms with Crippen molar-refractivity contribution in [1.82, 2.24) is 30.3 Å². The lowest BCUT2D eigenvalue weighted by atomic mass is 10.2. The molecule has 1 aliphatic heterocycles. The minimum atomic E-state index is 0.311. The first kappa shape index (κ1) is 18.8. The lowest BCUT2D eigenvalue weighted by Crippen LogP contribution is -2.46.